The lowest BCUT2D eigenvalue weighted by molar-refractivity contribution is -0.133. The Morgan fingerprint density at radius 3 is 2.86 bits per heavy atom. The number of aromatic nitrogens is 2. The smallest absolute Gasteiger partial charge is 0.269 e. The van der Waals surface area contributed by atoms with Crippen molar-refractivity contribution < 1.29 is 18.7 Å². The summed E-state index contributed by atoms with van der Waals surface area (Å²) in [5.41, 5.74) is 1.34. The van der Waals surface area contributed by atoms with Crippen LogP contribution in [0.25, 0.3) is 11.3 Å². The number of nitrogens with zero attached hydrogens (tertiary/aromatic N) is 3. The highest BCUT2D eigenvalue weighted by Crippen LogP contribution is 2.29. The van der Waals surface area contributed by atoms with Gasteiger partial charge in [0.05, 0.1) is 18.8 Å². The van der Waals surface area contributed by atoms with Crippen LogP contribution in [0.5, 0.6) is 0 Å². The summed E-state index contributed by atoms with van der Waals surface area (Å²) < 4.78 is 19.7. The molecule has 0 radical (unpaired) electrons. The molecule has 0 bridgehead atoms. The molecular formula is C19H18ClFN4O3. The zero-order chi connectivity index (χ0) is 20.3. The van der Waals surface area contributed by atoms with E-state index in [0.29, 0.717) is 36.5 Å². The Morgan fingerprint density at radius 2 is 2.14 bits per heavy atom. The Balaban J connectivity index is 1.96. The average Bonchev–Trinajstić information content (AvgIpc) is 2.71. The standard InChI is InChI=1S/C19H18ClFN4O3/c1-3-18(26)25-4-5-28-15(10-25)12-7-13(23-16(20)8-12)11-6-14(19(27)22-2)24-17(21)9-11/h3,6-9,15H,1,4-5,10H2,2H3,(H,22,27). The van der Waals surface area contributed by atoms with Crippen molar-refractivity contribution in [1.82, 2.24) is 20.2 Å². The summed E-state index contributed by atoms with van der Waals surface area (Å²) in [6.45, 7) is 4.67. The van der Waals surface area contributed by atoms with Gasteiger partial charge in [0.1, 0.15) is 17.0 Å². The summed E-state index contributed by atoms with van der Waals surface area (Å²) >= 11 is 6.16. The van der Waals surface area contributed by atoms with Crippen molar-refractivity contribution in [3.63, 3.8) is 0 Å². The zero-order valence-corrected chi connectivity index (χ0v) is 15.9. The SMILES string of the molecule is C=CC(=O)N1CCOC(c2cc(Cl)nc(-c3cc(F)nc(C(=O)NC)c3)c2)C1. The van der Waals surface area contributed by atoms with Crippen LogP contribution >= 0.6 is 11.6 Å². The molecule has 1 saturated heterocycles. The molecule has 2 amide bonds. The van der Waals surface area contributed by atoms with E-state index in [1.807, 2.05) is 0 Å². The van der Waals surface area contributed by atoms with Gasteiger partial charge in [0.2, 0.25) is 11.9 Å². The summed E-state index contributed by atoms with van der Waals surface area (Å²) in [4.78, 5) is 33.1. The number of ether oxygens (including phenoxy) is 1. The van der Waals surface area contributed by atoms with Crippen molar-refractivity contribution in [3.05, 3.63) is 59.3 Å². The molecule has 1 N–H and O–H groups in total. The van der Waals surface area contributed by atoms with Gasteiger partial charge in [-0.1, -0.05) is 18.2 Å². The van der Waals surface area contributed by atoms with Crippen molar-refractivity contribution in [2.45, 2.75) is 6.10 Å². The lowest BCUT2D eigenvalue weighted by Gasteiger charge is -2.32. The number of carbonyl (C=O) groups excluding carboxylic acids is 2. The van der Waals surface area contributed by atoms with Gasteiger partial charge in [-0.15, -0.1) is 0 Å². The number of rotatable bonds is 4. The number of carbonyl (C=O) groups is 2. The molecule has 1 aliphatic heterocycles. The molecule has 146 valence electrons. The fraction of sp³-hybridized carbons (Fsp3) is 0.263. The van der Waals surface area contributed by atoms with Crippen molar-refractivity contribution in [2.75, 3.05) is 26.7 Å². The van der Waals surface area contributed by atoms with Gasteiger partial charge in [0.25, 0.3) is 5.91 Å². The van der Waals surface area contributed by atoms with Crippen LogP contribution in [0.1, 0.15) is 22.2 Å². The highest BCUT2D eigenvalue weighted by Gasteiger charge is 2.25. The largest absolute Gasteiger partial charge is 0.370 e. The maximum Gasteiger partial charge on any atom is 0.269 e. The molecule has 1 atom stereocenters. The van der Waals surface area contributed by atoms with Gasteiger partial charge in [0, 0.05) is 25.2 Å². The van der Waals surface area contributed by atoms with Crippen molar-refractivity contribution in [2.24, 2.45) is 0 Å². The first-order valence-corrected chi connectivity index (χ1v) is 8.89. The number of pyridine rings is 2. The first-order valence-electron chi connectivity index (χ1n) is 8.51. The highest BCUT2D eigenvalue weighted by molar-refractivity contribution is 6.29. The molecule has 9 heteroatoms. The molecule has 3 rings (SSSR count). The molecule has 28 heavy (non-hydrogen) atoms. The second kappa shape index (κ2) is 8.45. The Bertz CT molecular complexity index is 937. The van der Waals surface area contributed by atoms with Gasteiger partial charge in [-0.05, 0) is 29.8 Å². The van der Waals surface area contributed by atoms with Crippen LogP contribution < -0.4 is 5.32 Å². The van der Waals surface area contributed by atoms with Crippen molar-refractivity contribution in [3.8, 4) is 11.3 Å². The number of morpholine rings is 1. The van der Waals surface area contributed by atoms with Crippen LogP contribution in [0.15, 0.2) is 36.9 Å². The van der Waals surface area contributed by atoms with E-state index in [1.54, 1.807) is 17.0 Å². The Morgan fingerprint density at radius 1 is 1.36 bits per heavy atom. The lowest BCUT2D eigenvalue weighted by atomic mass is 10.0. The molecular weight excluding hydrogens is 387 g/mol. The fourth-order valence-corrected chi connectivity index (χ4v) is 3.14. The maximum atomic E-state index is 13.9. The third-order valence-corrected chi connectivity index (χ3v) is 4.48. The van der Waals surface area contributed by atoms with Gasteiger partial charge in [0.15, 0.2) is 0 Å². The molecule has 2 aromatic heterocycles. The number of amides is 2. The average molecular weight is 405 g/mol. The molecule has 1 fully saturated rings. The Labute approximate surface area is 166 Å². The van der Waals surface area contributed by atoms with Gasteiger partial charge in [-0.2, -0.15) is 4.39 Å². The zero-order valence-electron chi connectivity index (χ0n) is 15.1. The molecule has 1 aliphatic rings. The van der Waals surface area contributed by atoms with Crippen LogP contribution in [0.3, 0.4) is 0 Å². The number of hydrogen-bond donors (Lipinski definition) is 1. The molecule has 2 aromatic rings. The Kier molecular flexibility index (Phi) is 6.01. The van der Waals surface area contributed by atoms with E-state index in [1.165, 1.54) is 25.3 Å². The van der Waals surface area contributed by atoms with E-state index < -0.39 is 18.0 Å². The summed E-state index contributed by atoms with van der Waals surface area (Å²) in [6, 6.07) is 5.93. The lowest BCUT2D eigenvalue weighted by Crippen LogP contribution is -2.41. The monoisotopic (exact) mass is 404 g/mol. The van der Waals surface area contributed by atoms with E-state index >= 15 is 0 Å². The summed E-state index contributed by atoms with van der Waals surface area (Å²) in [5, 5.41) is 2.58. The molecule has 0 saturated carbocycles. The van der Waals surface area contributed by atoms with Crippen molar-refractivity contribution in [1.29, 1.82) is 0 Å². The van der Waals surface area contributed by atoms with Gasteiger partial charge in [-0.25, -0.2) is 9.97 Å². The van der Waals surface area contributed by atoms with Crippen LogP contribution in [0.2, 0.25) is 5.15 Å². The van der Waals surface area contributed by atoms with E-state index in [0.717, 1.165) is 0 Å². The number of nitrogens with one attached hydrogen (secondary N) is 1. The predicted octanol–water partition coefficient (Wildman–Crippen LogP) is 2.38. The van der Waals surface area contributed by atoms with Gasteiger partial charge in [-0.3, -0.25) is 9.59 Å². The molecule has 0 aliphatic carbocycles. The maximum absolute atomic E-state index is 13.9. The van der Waals surface area contributed by atoms with Crippen molar-refractivity contribution >= 4 is 23.4 Å². The highest BCUT2D eigenvalue weighted by atomic mass is 35.5. The predicted molar refractivity (Wildman–Crippen MR) is 101 cm³/mol. The summed E-state index contributed by atoms with van der Waals surface area (Å²) in [7, 11) is 1.43. The van der Waals surface area contributed by atoms with E-state index in [-0.39, 0.29) is 16.8 Å². The topological polar surface area (TPSA) is 84.4 Å². The van der Waals surface area contributed by atoms with Gasteiger partial charge >= 0.3 is 0 Å². The third-order valence-electron chi connectivity index (χ3n) is 4.29. The fourth-order valence-electron chi connectivity index (χ4n) is 2.92. The molecule has 7 nitrogen and oxygen atoms in total. The van der Waals surface area contributed by atoms with Crippen LogP contribution in [-0.4, -0.2) is 53.4 Å². The minimum atomic E-state index is -0.809. The minimum absolute atomic E-state index is 0.0718. The summed E-state index contributed by atoms with van der Waals surface area (Å²) in [5.74, 6) is -1.51. The quantitative estimate of drug-likeness (QED) is 0.624. The summed E-state index contributed by atoms with van der Waals surface area (Å²) in [6.07, 6.45) is 0.843. The van der Waals surface area contributed by atoms with E-state index in [9.17, 15) is 14.0 Å². The first kappa shape index (κ1) is 19.9. The van der Waals surface area contributed by atoms with Crippen LogP contribution in [0, 0.1) is 5.95 Å². The van der Waals surface area contributed by atoms with E-state index in [4.69, 9.17) is 16.3 Å². The normalized spacial score (nSPS) is 16.5. The first-order chi connectivity index (χ1) is 13.4. The number of halogens is 2. The molecule has 1 unspecified atom stereocenters. The van der Waals surface area contributed by atoms with E-state index in [2.05, 4.69) is 21.9 Å². The minimum Gasteiger partial charge on any atom is -0.370 e. The third kappa shape index (κ3) is 4.35. The molecule has 3 heterocycles. The molecule has 0 spiro atoms. The second-order valence-electron chi connectivity index (χ2n) is 6.10. The Hall–Kier alpha value is -2.84. The van der Waals surface area contributed by atoms with Gasteiger partial charge < -0.3 is 15.0 Å². The van der Waals surface area contributed by atoms with Crippen LogP contribution in [-0.2, 0) is 9.53 Å². The second-order valence-corrected chi connectivity index (χ2v) is 6.49. The number of hydrogen-bond acceptors (Lipinski definition) is 5. The molecule has 0 aromatic carbocycles. The van der Waals surface area contributed by atoms with Crippen LogP contribution in [0.4, 0.5) is 4.39 Å².